The van der Waals surface area contributed by atoms with E-state index >= 15 is 0 Å². The van der Waals surface area contributed by atoms with Gasteiger partial charge in [-0.15, -0.1) is 0 Å². The molecule has 2 nitrogen and oxygen atoms in total. The van der Waals surface area contributed by atoms with Gasteiger partial charge in [0.25, 0.3) is 0 Å². The zero-order valence-electron chi connectivity index (χ0n) is 11.1. The van der Waals surface area contributed by atoms with E-state index in [1.54, 1.807) is 19.1 Å². The van der Waals surface area contributed by atoms with Gasteiger partial charge < -0.3 is 10.0 Å². The molecule has 0 spiro atoms. The van der Waals surface area contributed by atoms with Crippen LogP contribution in [0.25, 0.3) is 0 Å². The van der Waals surface area contributed by atoms with Crippen LogP contribution in [0.3, 0.4) is 0 Å². The molecular formula is C14H22FNO. The molecule has 0 bridgehead atoms. The first-order valence-corrected chi connectivity index (χ1v) is 6.18. The van der Waals surface area contributed by atoms with Gasteiger partial charge in [0.1, 0.15) is 5.82 Å². The van der Waals surface area contributed by atoms with Crippen LogP contribution in [0, 0.1) is 11.7 Å². The molecule has 1 atom stereocenters. The van der Waals surface area contributed by atoms with Crippen LogP contribution in [0.15, 0.2) is 18.2 Å². The third-order valence-electron chi connectivity index (χ3n) is 2.75. The summed E-state index contributed by atoms with van der Waals surface area (Å²) < 4.78 is 13.9. The van der Waals surface area contributed by atoms with Crippen molar-refractivity contribution in [2.45, 2.75) is 33.8 Å². The summed E-state index contributed by atoms with van der Waals surface area (Å²) in [5, 5.41) is 9.71. The number of aliphatic hydroxyl groups is 1. The van der Waals surface area contributed by atoms with E-state index in [4.69, 9.17) is 0 Å². The molecule has 1 aromatic rings. The van der Waals surface area contributed by atoms with Gasteiger partial charge in [-0.05, 0) is 25.8 Å². The summed E-state index contributed by atoms with van der Waals surface area (Å²) >= 11 is 0. The Labute approximate surface area is 103 Å². The maximum absolute atomic E-state index is 13.9. The second-order valence-electron chi connectivity index (χ2n) is 4.79. The van der Waals surface area contributed by atoms with Gasteiger partial charge in [-0.1, -0.05) is 26.0 Å². The van der Waals surface area contributed by atoms with E-state index in [0.29, 0.717) is 17.2 Å². The summed E-state index contributed by atoms with van der Waals surface area (Å²) in [7, 11) is 0. The summed E-state index contributed by atoms with van der Waals surface area (Å²) in [6.07, 6.45) is -0.651. The molecule has 0 aliphatic carbocycles. The fraction of sp³-hybridized carbons (Fsp3) is 0.571. The molecular weight excluding hydrogens is 217 g/mol. The van der Waals surface area contributed by atoms with Crippen LogP contribution in [0.5, 0.6) is 0 Å². The predicted molar refractivity (Wildman–Crippen MR) is 69.8 cm³/mol. The Morgan fingerprint density at radius 1 is 1.29 bits per heavy atom. The first-order valence-electron chi connectivity index (χ1n) is 6.18. The topological polar surface area (TPSA) is 23.5 Å². The van der Waals surface area contributed by atoms with E-state index < -0.39 is 6.10 Å². The number of benzene rings is 1. The van der Waals surface area contributed by atoms with Gasteiger partial charge in [0.15, 0.2) is 0 Å². The molecule has 0 saturated carbocycles. The zero-order chi connectivity index (χ0) is 13.0. The average molecular weight is 239 g/mol. The third kappa shape index (κ3) is 3.43. The molecule has 0 aliphatic heterocycles. The normalized spacial score (nSPS) is 12.9. The summed E-state index contributed by atoms with van der Waals surface area (Å²) in [5.41, 5.74) is 1.20. The molecule has 0 saturated heterocycles. The van der Waals surface area contributed by atoms with Gasteiger partial charge in [0.05, 0.1) is 11.8 Å². The van der Waals surface area contributed by atoms with Gasteiger partial charge in [-0.2, -0.15) is 0 Å². The fourth-order valence-electron chi connectivity index (χ4n) is 2.02. The lowest BCUT2D eigenvalue weighted by molar-refractivity contribution is 0.199. The van der Waals surface area contributed by atoms with Gasteiger partial charge in [-0.25, -0.2) is 4.39 Å². The average Bonchev–Trinajstić information content (AvgIpc) is 2.25. The van der Waals surface area contributed by atoms with Crippen molar-refractivity contribution in [2.75, 3.05) is 18.0 Å². The lowest BCUT2D eigenvalue weighted by Gasteiger charge is -2.28. The van der Waals surface area contributed by atoms with E-state index in [9.17, 15) is 9.50 Å². The highest BCUT2D eigenvalue weighted by molar-refractivity contribution is 5.55. The number of para-hydroxylation sites is 1. The highest BCUT2D eigenvalue weighted by atomic mass is 19.1. The number of anilines is 1. The predicted octanol–water partition coefficient (Wildman–Crippen LogP) is 3.36. The van der Waals surface area contributed by atoms with Crippen LogP contribution in [0.1, 0.15) is 39.4 Å². The van der Waals surface area contributed by atoms with Crippen molar-refractivity contribution in [3.05, 3.63) is 29.6 Å². The fourth-order valence-corrected chi connectivity index (χ4v) is 2.02. The van der Waals surface area contributed by atoms with Crippen LogP contribution in [-0.2, 0) is 0 Å². The molecule has 0 amide bonds. The molecule has 96 valence electrons. The van der Waals surface area contributed by atoms with Crippen molar-refractivity contribution in [3.63, 3.8) is 0 Å². The summed E-state index contributed by atoms with van der Waals surface area (Å²) in [5.74, 6) is 0.197. The Morgan fingerprint density at radius 2 is 1.94 bits per heavy atom. The highest BCUT2D eigenvalue weighted by Crippen LogP contribution is 2.29. The number of rotatable bonds is 5. The minimum atomic E-state index is -0.651. The number of nitrogens with zero attached hydrogens (tertiary/aromatic N) is 1. The van der Waals surface area contributed by atoms with Crippen molar-refractivity contribution in [1.82, 2.24) is 0 Å². The molecule has 0 fully saturated rings. The van der Waals surface area contributed by atoms with Crippen LogP contribution >= 0.6 is 0 Å². The molecule has 1 unspecified atom stereocenters. The van der Waals surface area contributed by atoms with Crippen molar-refractivity contribution in [1.29, 1.82) is 0 Å². The molecule has 1 rings (SSSR count). The van der Waals surface area contributed by atoms with Gasteiger partial charge in [-0.3, -0.25) is 0 Å². The third-order valence-corrected chi connectivity index (χ3v) is 2.75. The number of hydrogen-bond donors (Lipinski definition) is 1. The Kier molecular flexibility index (Phi) is 4.94. The molecule has 0 aliphatic rings. The maximum atomic E-state index is 13.9. The Bertz CT molecular complexity index is 363. The van der Waals surface area contributed by atoms with E-state index in [1.165, 1.54) is 6.07 Å². The van der Waals surface area contributed by atoms with E-state index in [1.807, 2.05) is 11.8 Å². The molecule has 3 heteroatoms. The number of halogens is 1. The summed E-state index contributed by atoms with van der Waals surface area (Å²) in [4.78, 5) is 1.99. The lowest BCUT2D eigenvalue weighted by atomic mass is 10.1. The van der Waals surface area contributed by atoms with E-state index in [-0.39, 0.29) is 5.82 Å². The second-order valence-corrected chi connectivity index (χ2v) is 4.79. The first kappa shape index (κ1) is 14.0. The van der Waals surface area contributed by atoms with Crippen molar-refractivity contribution in [2.24, 2.45) is 5.92 Å². The molecule has 0 heterocycles. The molecule has 1 N–H and O–H groups in total. The highest BCUT2D eigenvalue weighted by Gasteiger charge is 2.18. The largest absolute Gasteiger partial charge is 0.389 e. The Hall–Kier alpha value is -1.09. The lowest BCUT2D eigenvalue weighted by Crippen LogP contribution is -2.29. The van der Waals surface area contributed by atoms with Crippen LogP contribution in [0.2, 0.25) is 0 Å². The minimum absolute atomic E-state index is 0.258. The zero-order valence-corrected chi connectivity index (χ0v) is 11.1. The Balaban J connectivity index is 3.16. The summed E-state index contributed by atoms with van der Waals surface area (Å²) in [6, 6.07) is 4.88. The van der Waals surface area contributed by atoms with Gasteiger partial charge in [0.2, 0.25) is 0 Å². The monoisotopic (exact) mass is 239 g/mol. The number of hydrogen-bond acceptors (Lipinski definition) is 2. The van der Waals surface area contributed by atoms with E-state index in [0.717, 1.165) is 13.1 Å². The van der Waals surface area contributed by atoms with Gasteiger partial charge >= 0.3 is 0 Å². The first-order chi connectivity index (χ1) is 7.97. The second kappa shape index (κ2) is 6.01. The quantitative estimate of drug-likeness (QED) is 0.851. The maximum Gasteiger partial charge on any atom is 0.146 e. The SMILES string of the molecule is CCN(CC(C)C)c1c(F)cccc1C(C)O. The van der Waals surface area contributed by atoms with Crippen LogP contribution in [0.4, 0.5) is 10.1 Å². The molecule has 0 aromatic heterocycles. The molecule has 17 heavy (non-hydrogen) atoms. The van der Waals surface area contributed by atoms with Crippen molar-refractivity contribution in [3.8, 4) is 0 Å². The summed E-state index contributed by atoms with van der Waals surface area (Å²) in [6.45, 7) is 9.40. The van der Waals surface area contributed by atoms with E-state index in [2.05, 4.69) is 13.8 Å². The smallest absolute Gasteiger partial charge is 0.146 e. The minimum Gasteiger partial charge on any atom is -0.389 e. The number of aliphatic hydroxyl groups excluding tert-OH is 1. The Morgan fingerprint density at radius 3 is 2.41 bits per heavy atom. The molecule has 1 aromatic carbocycles. The van der Waals surface area contributed by atoms with Crippen LogP contribution in [-0.4, -0.2) is 18.2 Å². The van der Waals surface area contributed by atoms with Crippen LogP contribution < -0.4 is 4.90 Å². The standard InChI is InChI=1S/C14H22FNO/c1-5-16(9-10(2)3)14-12(11(4)17)7-6-8-13(14)15/h6-8,10-11,17H,5,9H2,1-4H3. The van der Waals surface area contributed by atoms with Crippen molar-refractivity contribution >= 4 is 5.69 Å². The molecule has 0 radical (unpaired) electrons. The van der Waals surface area contributed by atoms with Crippen molar-refractivity contribution < 1.29 is 9.50 Å². The van der Waals surface area contributed by atoms with Gasteiger partial charge in [0, 0.05) is 18.7 Å².